The molecule has 0 saturated carbocycles. The molecule has 1 aromatic carbocycles. The van der Waals surface area contributed by atoms with Crippen molar-refractivity contribution in [2.45, 2.75) is 6.92 Å². The Hall–Kier alpha value is -1.49. The van der Waals surface area contributed by atoms with E-state index in [0.29, 0.717) is 5.69 Å². The summed E-state index contributed by atoms with van der Waals surface area (Å²) in [6.45, 7) is 1.77. The lowest BCUT2D eigenvalue weighted by molar-refractivity contribution is -0.385. The first-order valence-corrected chi connectivity index (χ1v) is 3.64. The van der Waals surface area contributed by atoms with E-state index in [1.165, 1.54) is 13.2 Å². The molecule has 0 aromatic heterocycles. The number of anilines is 1. The molecular formula is C8H11ClN2O3. The number of benzene rings is 1. The van der Waals surface area contributed by atoms with Crippen LogP contribution in [0.15, 0.2) is 12.1 Å². The second kappa shape index (κ2) is 4.66. The van der Waals surface area contributed by atoms with Gasteiger partial charge in [-0.1, -0.05) is 0 Å². The highest BCUT2D eigenvalue weighted by Gasteiger charge is 2.15. The minimum Gasteiger partial charge on any atom is -0.490 e. The number of hydrogen-bond acceptors (Lipinski definition) is 4. The zero-order valence-corrected chi connectivity index (χ0v) is 8.63. The van der Waals surface area contributed by atoms with Gasteiger partial charge in [-0.25, -0.2) is 0 Å². The molecule has 0 radical (unpaired) electrons. The first kappa shape index (κ1) is 12.5. The summed E-state index contributed by atoms with van der Waals surface area (Å²) in [6, 6.07) is 2.85. The van der Waals surface area contributed by atoms with Crippen molar-refractivity contribution in [3.63, 3.8) is 0 Å². The van der Waals surface area contributed by atoms with Gasteiger partial charge in [-0.3, -0.25) is 10.1 Å². The standard InChI is InChI=1S/C8H10N2O3.ClH/c1-5-3-8(13-2)7(10(11)12)4-6(5)9;/h3-4H,9H2,1-2H3;1H. The number of halogens is 1. The van der Waals surface area contributed by atoms with E-state index in [-0.39, 0.29) is 23.8 Å². The normalized spacial score (nSPS) is 9.00. The molecule has 1 aromatic rings. The summed E-state index contributed by atoms with van der Waals surface area (Å²) in [4.78, 5) is 9.99. The fourth-order valence-corrected chi connectivity index (χ4v) is 0.992. The van der Waals surface area contributed by atoms with E-state index in [4.69, 9.17) is 10.5 Å². The topological polar surface area (TPSA) is 78.4 Å². The lowest BCUT2D eigenvalue weighted by Crippen LogP contribution is -1.97. The van der Waals surface area contributed by atoms with Gasteiger partial charge in [-0.2, -0.15) is 0 Å². The Labute approximate surface area is 87.4 Å². The number of nitro groups is 1. The molecule has 14 heavy (non-hydrogen) atoms. The first-order chi connectivity index (χ1) is 6.06. The number of ether oxygens (including phenoxy) is 1. The Morgan fingerprint density at radius 3 is 2.50 bits per heavy atom. The fraction of sp³-hybridized carbons (Fsp3) is 0.250. The highest BCUT2D eigenvalue weighted by Crippen LogP contribution is 2.30. The zero-order chi connectivity index (χ0) is 10.0. The smallest absolute Gasteiger partial charge is 0.312 e. The SMILES string of the molecule is COc1cc(C)c(N)cc1[N+](=O)[O-].Cl. The first-order valence-electron chi connectivity index (χ1n) is 3.64. The molecule has 2 N–H and O–H groups in total. The van der Waals surface area contributed by atoms with Gasteiger partial charge in [0.1, 0.15) is 0 Å². The maximum atomic E-state index is 10.5. The third-order valence-electron chi connectivity index (χ3n) is 1.76. The van der Waals surface area contributed by atoms with Crippen molar-refractivity contribution in [3.8, 4) is 5.75 Å². The number of nitrogen functional groups attached to an aromatic ring is 1. The van der Waals surface area contributed by atoms with Crippen LogP contribution in [0.4, 0.5) is 11.4 Å². The fourth-order valence-electron chi connectivity index (χ4n) is 0.992. The van der Waals surface area contributed by atoms with Crippen LogP contribution in [0.25, 0.3) is 0 Å². The van der Waals surface area contributed by atoms with Crippen LogP contribution in [0, 0.1) is 17.0 Å². The van der Waals surface area contributed by atoms with Crippen molar-refractivity contribution in [2.75, 3.05) is 12.8 Å². The maximum absolute atomic E-state index is 10.5. The van der Waals surface area contributed by atoms with Crippen LogP contribution in [0.5, 0.6) is 5.75 Å². The maximum Gasteiger partial charge on any atom is 0.312 e. The Morgan fingerprint density at radius 1 is 1.50 bits per heavy atom. The van der Waals surface area contributed by atoms with Crippen LogP contribution in [0.3, 0.4) is 0 Å². The van der Waals surface area contributed by atoms with Crippen molar-refractivity contribution in [2.24, 2.45) is 0 Å². The van der Waals surface area contributed by atoms with Gasteiger partial charge in [0.15, 0.2) is 5.75 Å². The molecule has 0 fully saturated rings. The van der Waals surface area contributed by atoms with Crippen molar-refractivity contribution in [1.82, 2.24) is 0 Å². The molecule has 1 rings (SSSR count). The second-order valence-corrected chi connectivity index (χ2v) is 2.64. The summed E-state index contributed by atoms with van der Waals surface area (Å²) in [5.74, 6) is 0.233. The number of aryl methyl sites for hydroxylation is 1. The van der Waals surface area contributed by atoms with E-state index in [1.807, 2.05) is 0 Å². The summed E-state index contributed by atoms with van der Waals surface area (Å²) in [5, 5.41) is 10.5. The number of rotatable bonds is 2. The Morgan fingerprint density at radius 2 is 2.07 bits per heavy atom. The van der Waals surface area contributed by atoms with E-state index < -0.39 is 4.92 Å². The molecule has 78 valence electrons. The molecule has 0 saturated heterocycles. The summed E-state index contributed by atoms with van der Waals surface area (Å²) in [7, 11) is 1.39. The van der Waals surface area contributed by atoms with E-state index in [2.05, 4.69) is 0 Å². The van der Waals surface area contributed by atoms with Crippen LogP contribution < -0.4 is 10.5 Å². The van der Waals surface area contributed by atoms with Crippen molar-refractivity contribution >= 4 is 23.8 Å². The monoisotopic (exact) mass is 218 g/mol. The van der Waals surface area contributed by atoms with Crippen molar-refractivity contribution < 1.29 is 9.66 Å². The Kier molecular flexibility index (Phi) is 4.17. The van der Waals surface area contributed by atoms with Gasteiger partial charge < -0.3 is 10.5 Å². The van der Waals surface area contributed by atoms with E-state index in [9.17, 15) is 10.1 Å². The molecule has 0 aliphatic carbocycles. The number of nitrogens with zero attached hydrogens (tertiary/aromatic N) is 1. The molecule has 0 aliphatic heterocycles. The van der Waals surface area contributed by atoms with Gasteiger partial charge in [0.2, 0.25) is 0 Å². The quantitative estimate of drug-likeness (QED) is 0.467. The molecule has 0 bridgehead atoms. The van der Waals surface area contributed by atoms with Crippen molar-refractivity contribution in [3.05, 3.63) is 27.8 Å². The van der Waals surface area contributed by atoms with Gasteiger partial charge in [-0.15, -0.1) is 12.4 Å². The lowest BCUT2D eigenvalue weighted by Gasteiger charge is -2.04. The van der Waals surface area contributed by atoms with Crippen LogP contribution >= 0.6 is 12.4 Å². The number of nitro benzene ring substituents is 1. The summed E-state index contributed by atoms with van der Waals surface area (Å²) in [5.41, 5.74) is 6.58. The van der Waals surface area contributed by atoms with Gasteiger partial charge in [0.05, 0.1) is 12.0 Å². The molecule has 0 atom stereocenters. The third kappa shape index (κ3) is 2.26. The molecular weight excluding hydrogens is 208 g/mol. The molecule has 0 heterocycles. The lowest BCUT2D eigenvalue weighted by atomic mass is 10.1. The third-order valence-corrected chi connectivity index (χ3v) is 1.76. The van der Waals surface area contributed by atoms with Crippen LogP contribution in [-0.2, 0) is 0 Å². The van der Waals surface area contributed by atoms with Gasteiger partial charge >= 0.3 is 5.69 Å². The second-order valence-electron chi connectivity index (χ2n) is 2.64. The molecule has 0 aliphatic rings. The summed E-state index contributed by atoms with van der Waals surface area (Å²) in [6.07, 6.45) is 0. The predicted octanol–water partition coefficient (Wildman–Crippen LogP) is 1.92. The highest BCUT2D eigenvalue weighted by molar-refractivity contribution is 5.85. The predicted molar refractivity (Wildman–Crippen MR) is 56.0 cm³/mol. The number of nitrogens with two attached hydrogens (primary N) is 1. The minimum absolute atomic E-state index is 0. The molecule has 0 spiro atoms. The summed E-state index contributed by atoms with van der Waals surface area (Å²) < 4.78 is 4.85. The minimum atomic E-state index is -0.519. The molecule has 5 nitrogen and oxygen atoms in total. The molecule has 6 heteroatoms. The van der Waals surface area contributed by atoms with Gasteiger partial charge in [-0.05, 0) is 18.6 Å². The molecule has 0 amide bonds. The zero-order valence-electron chi connectivity index (χ0n) is 7.81. The Balaban J connectivity index is 0.00000169. The number of hydrogen-bond donors (Lipinski definition) is 1. The largest absolute Gasteiger partial charge is 0.490 e. The van der Waals surface area contributed by atoms with Gasteiger partial charge in [0.25, 0.3) is 0 Å². The number of methoxy groups -OCH3 is 1. The molecule has 0 unspecified atom stereocenters. The average molecular weight is 219 g/mol. The average Bonchev–Trinajstić information content (AvgIpc) is 2.08. The van der Waals surface area contributed by atoms with Crippen LogP contribution in [-0.4, -0.2) is 12.0 Å². The van der Waals surface area contributed by atoms with E-state index in [0.717, 1.165) is 5.56 Å². The Bertz CT molecular complexity index is 355. The van der Waals surface area contributed by atoms with Gasteiger partial charge in [0, 0.05) is 11.8 Å². The van der Waals surface area contributed by atoms with Crippen LogP contribution in [0.1, 0.15) is 5.56 Å². The van der Waals surface area contributed by atoms with Crippen LogP contribution in [0.2, 0.25) is 0 Å². The highest BCUT2D eigenvalue weighted by atomic mass is 35.5. The van der Waals surface area contributed by atoms with E-state index in [1.54, 1.807) is 13.0 Å². The van der Waals surface area contributed by atoms with Crippen molar-refractivity contribution in [1.29, 1.82) is 0 Å². The van der Waals surface area contributed by atoms with E-state index >= 15 is 0 Å². The summed E-state index contributed by atoms with van der Waals surface area (Å²) >= 11 is 0.